The topological polar surface area (TPSA) is 100 Å². The average molecular weight is 530 g/mol. The molecule has 8 rings (SSSR count). The molecule has 2 bridgehead atoms. The van der Waals surface area contributed by atoms with Crippen molar-refractivity contribution in [3.63, 3.8) is 0 Å². The minimum atomic E-state index is -0.881. The van der Waals surface area contributed by atoms with Gasteiger partial charge in [0.15, 0.2) is 11.5 Å². The van der Waals surface area contributed by atoms with Crippen LogP contribution in [0.3, 0.4) is 0 Å². The maximum atomic E-state index is 12.7. The van der Waals surface area contributed by atoms with Crippen molar-refractivity contribution in [3.8, 4) is 0 Å². The molecule has 39 heavy (non-hydrogen) atoms. The number of benzene rings is 1. The van der Waals surface area contributed by atoms with Crippen LogP contribution in [0.15, 0.2) is 42.6 Å². The molecule has 2 aromatic heterocycles. The zero-order valence-corrected chi connectivity index (χ0v) is 22.5. The van der Waals surface area contributed by atoms with Crippen molar-refractivity contribution in [3.05, 3.63) is 59.5 Å². The third-order valence-corrected chi connectivity index (χ3v) is 9.87. The van der Waals surface area contributed by atoms with E-state index in [1.165, 1.54) is 5.56 Å². The van der Waals surface area contributed by atoms with E-state index in [1.54, 1.807) is 0 Å². The quantitative estimate of drug-likeness (QED) is 0.523. The van der Waals surface area contributed by atoms with Crippen LogP contribution in [0.4, 0.5) is 5.69 Å². The van der Waals surface area contributed by atoms with Gasteiger partial charge in [-0.1, -0.05) is 37.3 Å². The summed E-state index contributed by atoms with van der Waals surface area (Å²) in [6.45, 7) is 8.07. The second-order valence-corrected chi connectivity index (χ2v) is 12.3. The van der Waals surface area contributed by atoms with Crippen molar-refractivity contribution in [2.45, 2.75) is 50.5 Å². The fraction of sp³-hybridized carbons (Fsp3) is 0.533. The van der Waals surface area contributed by atoms with Crippen LogP contribution in [0.1, 0.15) is 49.6 Å². The summed E-state index contributed by atoms with van der Waals surface area (Å²) in [5.41, 5.74) is 3.97. The Kier molecular flexibility index (Phi) is 5.53. The number of aliphatic carboxylic acids is 1. The minimum Gasteiger partial charge on any atom is -0.481 e. The van der Waals surface area contributed by atoms with Crippen molar-refractivity contribution < 1.29 is 19.4 Å². The maximum Gasteiger partial charge on any atom is 0.307 e. The van der Waals surface area contributed by atoms with E-state index in [4.69, 9.17) is 14.8 Å². The lowest BCUT2D eigenvalue weighted by molar-refractivity contribution is -0.151. The molecule has 1 aromatic carbocycles. The van der Waals surface area contributed by atoms with Crippen LogP contribution in [-0.2, 0) is 25.3 Å². The molecule has 5 fully saturated rings. The van der Waals surface area contributed by atoms with Crippen molar-refractivity contribution in [1.82, 2.24) is 19.5 Å². The lowest BCUT2D eigenvalue weighted by Gasteiger charge is -2.46. The van der Waals surface area contributed by atoms with Crippen molar-refractivity contribution in [2.24, 2.45) is 17.8 Å². The van der Waals surface area contributed by atoms with Crippen molar-refractivity contribution in [1.29, 1.82) is 0 Å². The number of carboxylic acid groups (broad SMARTS) is 1. The van der Waals surface area contributed by atoms with Gasteiger partial charge < -0.3 is 19.6 Å². The van der Waals surface area contributed by atoms with E-state index in [2.05, 4.69) is 61.3 Å². The fourth-order valence-electron chi connectivity index (χ4n) is 7.38. The number of likely N-dealkylation sites (tertiary alicyclic amines) is 1. The molecule has 1 N–H and O–H groups in total. The molecule has 4 saturated heterocycles. The van der Waals surface area contributed by atoms with Crippen molar-refractivity contribution in [2.75, 3.05) is 37.7 Å². The van der Waals surface area contributed by atoms with Gasteiger partial charge >= 0.3 is 5.97 Å². The number of carboxylic acids is 1. The molecular weight excluding hydrogens is 494 g/mol. The van der Waals surface area contributed by atoms with Gasteiger partial charge in [0.05, 0.1) is 24.4 Å². The summed E-state index contributed by atoms with van der Waals surface area (Å²) >= 11 is 0. The largest absolute Gasteiger partial charge is 0.481 e. The molecule has 204 valence electrons. The average Bonchev–Trinajstić information content (AvgIpc) is 3.71. The van der Waals surface area contributed by atoms with E-state index in [1.807, 2.05) is 9.42 Å². The van der Waals surface area contributed by atoms with Gasteiger partial charge in [-0.3, -0.25) is 9.59 Å². The van der Waals surface area contributed by atoms with Gasteiger partial charge in [-0.15, -0.1) is 5.10 Å². The summed E-state index contributed by atoms with van der Waals surface area (Å²) in [5.74, 6) is -0.329. The zero-order chi connectivity index (χ0) is 26.9. The van der Waals surface area contributed by atoms with Crippen LogP contribution in [0, 0.1) is 24.7 Å². The molecule has 0 spiro atoms. The van der Waals surface area contributed by atoms with E-state index in [-0.39, 0.29) is 23.7 Å². The molecule has 1 aliphatic carbocycles. The fourth-order valence-corrected chi connectivity index (χ4v) is 7.38. The molecule has 0 radical (unpaired) electrons. The summed E-state index contributed by atoms with van der Waals surface area (Å²) in [4.78, 5) is 33.3. The summed E-state index contributed by atoms with van der Waals surface area (Å²) < 4.78 is 8.25. The number of rotatable bonds is 6. The van der Waals surface area contributed by atoms with Gasteiger partial charge in [0, 0.05) is 43.9 Å². The number of aryl methyl sites for hydroxylation is 1. The molecule has 4 aliphatic heterocycles. The number of nitrogens with zero attached hydrogens (tertiary/aromatic N) is 5. The van der Waals surface area contributed by atoms with E-state index < -0.39 is 17.5 Å². The van der Waals surface area contributed by atoms with Gasteiger partial charge in [0.2, 0.25) is 5.91 Å². The number of anilines is 1. The Labute approximate surface area is 227 Å². The first-order valence-electron chi connectivity index (χ1n) is 14.1. The van der Waals surface area contributed by atoms with Crippen LogP contribution in [-0.4, -0.2) is 69.3 Å². The van der Waals surface area contributed by atoms with Gasteiger partial charge in [-0.2, -0.15) is 0 Å². The second-order valence-electron chi connectivity index (χ2n) is 12.3. The smallest absolute Gasteiger partial charge is 0.307 e. The summed E-state index contributed by atoms with van der Waals surface area (Å²) in [7, 11) is 0. The summed E-state index contributed by atoms with van der Waals surface area (Å²) in [6, 6.07) is 13.0. The lowest BCUT2D eigenvalue weighted by Crippen LogP contribution is -2.53. The monoisotopic (exact) mass is 529 g/mol. The number of piperidine rings is 1. The van der Waals surface area contributed by atoms with Gasteiger partial charge in [0.1, 0.15) is 5.60 Å². The molecule has 1 saturated carbocycles. The van der Waals surface area contributed by atoms with Gasteiger partial charge in [-0.25, -0.2) is 9.50 Å². The molecular formula is C30H35N5O4. The number of hydrogen-bond acceptors (Lipinski definition) is 6. The third-order valence-electron chi connectivity index (χ3n) is 9.87. The van der Waals surface area contributed by atoms with Crippen LogP contribution in [0.2, 0.25) is 0 Å². The number of pyridine rings is 1. The number of amides is 1. The molecule has 9 nitrogen and oxygen atoms in total. The van der Waals surface area contributed by atoms with Crippen LogP contribution in [0.25, 0.3) is 5.65 Å². The van der Waals surface area contributed by atoms with E-state index in [0.717, 1.165) is 42.8 Å². The van der Waals surface area contributed by atoms with Crippen LogP contribution in [0.5, 0.6) is 0 Å². The highest BCUT2D eigenvalue weighted by Gasteiger charge is 2.64. The van der Waals surface area contributed by atoms with E-state index >= 15 is 0 Å². The Morgan fingerprint density at radius 2 is 2.05 bits per heavy atom. The zero-order valence-electron chi connectivity index (χ0n) is 22.5. The first-order chi connectivity index (χ1) is 18.8. The predicted molar refractivity (Wildman–Crippen MR) is 145 cm³/mol. The molecule has 1 amide bonds. The molecule has 3 aromatic rings. The highest BCUT2D eigenvalue weighted by atomic mass is 16.5. The van der Waals surface area contributed by atoms with Gasteiger partial charge in [-0.05, 0) is 49.3 Å². The summed E-state index contributed by atoms with van der Waals surface area (Å²) in [6.07, 6.45) is 4.63. The molecule has 5 aliphatic rings. The first kappa shape index (κ1) is 24.6. The predicted octanol–water partition coefficient (Wildman–Crippen LogP) is 3.39. The molecule has 5 atom stereocenters. The summed E-state index contributed by atoms with van der Waals surface area (Å²) in [5, 5.41) is 14.3. The molecule has 6 heterocycles. The Morgan fingerprint density at radius 3 is 2.79 bits per heavy atom. The molecule has 9 heteroatoms. The number of ether oxygens (including phenoxy) is 1. The minimum absolute atomic E-state index is 0.0772. The van der Waals surface area contributed by atoms with Crippen LogP contribution < -0.4 is 4.90 Å². The Balaban J connectivity index is 1.12. The highest BCUT2D eigenvalue weighted by molar-refractivity contribution is 5.83. The first-order valence-corrected chi connectivity index (χ1v) is 14.1. The third kappa shape index (κ3) is 3.84. The highest BCUT2D eigenvalue weighted by Crippen LogP contribution is 2.59. The van der Waals surface area contributed by atoms with Crippen molar-refractivity contribution >= 4 is 23.2 Å². The molecule has 4 unspecified atom stereocenters. The normalized spacial score (nSPS) is 32.2. The Hall–Kier alpha value is -3.46. The van der Waals surface area contributed by atoms with Gasteiger partial charge in [0.25, 0.3) is 0 Å². The number of carbonyl (C=O) groups is 2. The maximum absolute atomic E-state index is 12.7. The van der Waals surface area contributed by atoms with E-state index in [0.29, 0.717) is 37.9 Å². The Bertz CT molecular complexity index is 1450. The van der Waals surface area contributed by atoms with E-state index in [9.17, 15) is 14.7 Å². The lowest BCUT2D eigenvalue weighted by atomic mass is 9.63. The second kappa shape index (κ2) is 8.78. The number of fused-ring (bicyclic) bond motifs is 2. The van der Waals surface area contributed by atoms with Crippen LogP contribution >= 0.6 is 0 Å². The number of carbonyl (C=O) groups excluding carboxylic acids is 1. The Morgan fingerprint density at radius 1 is 1.23 bits per heavy atom. The SMILES string of the molecule is Cc1cc(N2CC[C@](C)(c3ccccc3)C2)cn2nc(C34CC(CO3)C4CN3CCC(C(=O)O)CC3=O)nc12. The number of hydrogen-bond donors (Lipinski definition) is 1. The standard InChI is InChI=1S/C30H35N5O4/c1-19-12-23(34-11-9-29(2,18-34)22-6-4-3-5-7-22)15-35-26(19)31-28(32-35)30-14-21(17-39-30)24(30)16-33-10-8-20(27(37)38)13-25(33)36/h3-7,12,15,20-21,24H,8-11,13-14,16-18H2,1-2H3,(H,37,38)/t20?,21?,24?,29-,30?/m0/s1. The number of aromatic nitrogens is 3.